The zero-order valence-electron chi connectivity index (χ0n) is 20.6. The van der Waals surface area contributed by atoms with Crippen molar-refractivity contribution in [2.75, 3.05) is 18.1 Å². The number of azo groups is 2. The van der Waals surface area contributed by atoms with Gasteiger partial charge in [-0.1, -0.05) is 17.2 Å². The molecule has 0 radical (unpaired) electrons. The number of anilines is 1. The Labute approximate surface area is 242 Å². The van der Waals surface area contributed by atoms with E-state index in [4.69, 9.17) is 11.0 Å². The van der Waals surface area contributed by atoms with Crippen LogP contribution in [-0.2, 0) is 43.6 Å². The molecule has 3 aromatic rings. The van der Waals surface area contributed by atoms with Crippen LogP contribution in [-0.4, -0.2) is 57.1 Å². The zero-order valence-corrected chi connectivity index (χ0v) is 23.8. The Morgan fingerprint density at radius 2 is 1.36 bits per heavy atom. The van der Waals surface area contributed by atoms with Crippen molar-refractivity contribution in [1.29, 1.82) is 0 Å². The van der Waals surface area contributed by atoms with Gasteiger partial charge in [0.25, 0.3) is 20.2 Å². The molecule has 0 saturated carbocycles. The molecule has 0 bridgehead atoms. The Morgan fingerprint density at radius 1 is 0.762 bits per heavy atom. The Bertz CT molecular complexity index is 1850. The molecule has 0 aliphatic heterocycles. The number of rotatable bonds is 13. The summed E-state index contributed by atoms with van der Waals surface area (Å²) in [5.74, 6) is -1.16. The summed E-state index contributed by atoms with van der Waals surface area (Å²) in [4.78, 5) is -1.98. The minimum absolute atomic E-state index is 0.137. The van der Waals surface area contributed by atoms with Crippen molar-refractivity contribution in [2.24, 2.45) is 20.5 Å². The van der Waals surface area contributed by atoms with Crippen molar-refractivity contribution in [2.45, 2.75) is 14.7 Å². The summed E-state index contributed by atoms with van der Waals surface area (Å²) >= 11 is 0.137. The second kappa shape index (κ2) is 13.6. The van der Waals surface area contributed by atoms with Crippen molar-refractivity contribution in [3.63, 3.8) is 0 Å². The molecule has 0 fully saturated rings. The van der Waals surface area contributed by atoms with E-state index in [2.05, 4.69) is 34.0 Å². The van der Waals surface area contributed by atoms with Crippen molar-refractivity contribution < 1.29 is 58.3 Å². The number of hydrogen-bond acceptors (Lipinski definition) is 17. The third-order valence-corrected chi connectivity index (χ3v) is 8.75. The monoisotopic (exact) mass is 665 g/mol. The number of nitrogen functional groups attached to an aromatic ring is 1. The van der Waals surface area contributed by atoms with Gasteiger partial charge in [-0.25, -0.2) is 13.7 Å². The first-order chi connectivity index (χ1) is 19.6. The number of phenols is 1. The summed E-state index contributed by atoms with van der Waals surface area (Å²) in [6, 6.07) is 9.70. The van der Waals surface area contributed by atoms with E-state index in [1.54, 1.807) is 0 Å². The van der Waals surface area contributed by atoms with Gasteiger partial charge in [0.1, 0.15) is 38.3 Å². The molecular weight excluding hydrogens is 647 g/mol. The fourth-order valence-corrected chi connectivity index (χ4v) is 5.81. The summed E-state index contributed by atoms with van der Waals surface area (Å²) in [5, 5.41) is 36.4. The molecular formula is C20H19N5O13S4. The molecule has 3 aromatic carbocycles. The lowest BCUT2D eigenvalue weighted by Gasteiger charge is -2.08. The number of benzene rings is 3. The highest BCUT2D eigenvalue weighted by atomic mass is 32.2. The van der Waals surface area contributed by atoms with Crippen molar-refractivity contribution in [1.82, 2.24) is 0 Å². The number of phenolic OH excluding ortho intramolecular Hbond substituents is 1. The van der Waals surface area contributed by atoms with Crippen LogP contribution in [0.2, 0.25) is 0 Å². The largest absolute Gasteiger partial charge is 0.506 e. The quantitative estimate of drug-likeness (QED) is 0.0327. The first kappa shape index (κ1) is 32.9. The highest BCUT2D eigenvalue weighted by Gasteiger charge is 2.22. The molecule has 0 aliphatic carbocycles. The average molecular weight is 666 g/mol. The molecule has 42 heavy (non-hydrogen) atoms. The molecule has 226 valence electrons. The van der Waals surface area contributed by atoms with Crippen LogP contribution in [0.5, 0.6) is 5.75 Å². The van der Waals surface area contributed by atoms with Crippen molar-refractivity contribution in [3.05, 3.63) is 54.6 Å². The van der Waals surface area contributed by atoms with Gasteiger partial charge >= 0.3 is 0 Å². The predicted molar refractivity (Wildman–Crippen MR) is 144 cm³/mol. The third-order valence-electron chi connectivity index (χ3n) is 4.91. The molecule has 0 amide bonds. The Balaban J connectivity index is 1.94. The predicted octanol–water partition coefficient (Wildman–Crippen LogP) is 4.07. The summed E-state index contributed by atoms with van der Waals surface area (Å²) in [6.45, 7) is -0.458. The molecule has 0 heterocycles. The number of nitrogens with two attached hydrogens (primary N) is 1. The minimum atomic E-state index is -5.03. The fraction of sp³-hybridized carbons (Fsp3) is 0.100. The van der Waals surface area contributed by atoms with E-state index < -0.39 is 68.6 Å². The third kappa shape index (κ3) is 8.71. The number of sulfone groups is 1. The maximum absolute atomic E-state index is 12.5. The van der Waals surface area contributed by atoms with Gasteiger partial charge in [0, 0.05) is 6.07 Å². The van der Waals surface area contributed by atoms with E-state index in [1.165, 1.54) is 18.2 Å². The van der Waals surface area contributed by atoms with Gasteiger partial charge in [0.2, 0.25) is 0 Å². The minimum Gasteiger partial charge on any atom is -0.506 e. The summed E-state index contributed by atoms with van der Waals surface area (Å²) in [7, 11) is -13.8. The molecule has 0 atom stereocenters. The molecule has 18 nitrogen and oxygen atoms in total. The van der Waals surface area contributed by atoms with Crippen LogP contribution in [0.4, 0.5) is 28.4 Å². The Morgan fingerprint density at radius 3 is 2.00 bits per heavy atom. The molecule has 0 saturated heterocycles. The van der Waals surface area contributed by atoms with Gasteiger partial charge in [-0.15, -0.1) is 24.8 Å². The second-order valence-corrected chi connectivity index (χ2v) is 13.1. The second-order valence-electron chi connectivity index (χ2n) is 7.70. The molecule has 0 spiro atoms. The summed E-state index contributed by atoms with van der Waals surface area (Å²) < 4.78 is 99.8. The van der Waals surface area contributed by atoms with Crippen LogP contribution in [0.1, 0.15) is 0 Å². The zero-order chi connectivity index (χ0) is 31.1. The van der Waals surface area contributed by atoms with Crippen LogP contribution in [0, 0.1) is 0 Å². The topological polar surface area (TPSA) is 286 Å². The van der Waals surface area contributed by atoms with E-state index >= 15 is 0 Å². The van der Waals surface area contributed by atoms with Crippen molar-refractivity contribution in [3.8, 4) is 5.75 Å². The van der Waals surface area contributed by atoms with Gasteiger partial charge < -0.3 is 10.8 Å². The van der Waals surface area contributed by atoms with E-state index in [1.807, 2.05) is 0 Å². The lowest BCUT2D eigenvalue weighted by Crippen LogP contribution is -2.12. The van der Waals surface area contributed by atoms with E-state index in [0.717, 1.165) is 30.3 Å². The van der Waals surface area contributed by atoms with E-state index in [-0.39, 0.29) is 35.1 Å². The highest BCUT2D eigenvalue weighted by molar-refractivity contribution is 7.91. The van der Waals surface area contributed by atoms with Gasteiger partial charge in [-0.2, -0.15) is 16.8 Å². The molecule has 0 aliphatic rings. The van der Waals surface area contributed by atoms with Crippen LogP contribution in [0.25, 0.3) is 0 Å². The maximum atomic E-state index is 12.5. The van der Waals surface area contributed by atoms with Gasteiger partial charge in [-0.3, -0.25) is 13.3 Å². The first-order valence-corrected chi connectivity index (χ1v) is 16.0. The number of hydrogen-bond donors (Lipinski definition) is 5. The summed E-state index contributed by atoms with van der Waals surface area (Å²) in [6.07, 6.45) is 0. The van der Waals surface area contributed by atoms with Gasteiger partial charge in [-0.05, 0) is 36.4 Å². The number of nitrogens with zero attached hydrogens (tertiary/aromatic N) is 4. The van der Waals surface area contributed by atoms with Gasteiger partial charge in [0.15, 0.2) is 22.2 Å². The summed E-state index contributed by atoms with van der Waals surface area (Å²) in [5.41, 5.74) is 4.44. The molecule has 0 unspecified atom stereocenters. The molecule has 3 rings (SSSR count). The van der Waals surface area contributed by atoms with E-state index in [0.29, 0.717) is 6.07 Å². The SMILES string of the molecule is Nc1cc(O)c(N=Nc2ccccc2S(=O)(=O)O)cc1N=Nc1ccc(S(=O)(=O)CCOSOOO)cc1S(=O)(=O)O. The molecule has 6 N–H and O–H groups in total. The maximum Gasteiger partial charge on any atom is 0.296 e. The fourth-order valence-electron chi connectivity index (χ4n) is 3.03. The van der Waals surface area contributed by atoms with Crippen LogP contribution in [0.15, 0.2) is 89.7 Å². The molecule has 0 aromatic heterocycles. The van der Waals surface area contributed by atoms with Crippen LogP contribution in [0.3, 0.4) is 0 Å². The lowest BCUT2D eigenvalue weighted by atomic mass is 10.2. The van der Waals surface area contributed by atoms with Crippen molar-refractivity contribution >= 4 is 70.8 Å². The van der Waals surface area contributed by atoms with E-state index in [9.17, 15) is 39.5 Å². The van der Waals surface area contributed by atoms with Crippen LogP contribution >= 0.6 is 12.3 Å². The Hall–Kier alpha value is -3.58. The standard InChI is InChI=1S/C20H19N5O13S4/c21-13-10-18(26)17(25-22-14-3-1-2-4-19(14)41(30,31)32)11-16(13)24-23-15-6-5-12(9-20(15)42(33,34)35)40(28,29)8-7-36-39-38-37-27/h1-6,9-11,26-27H,7-8,21H2,(H,30,31,32)(H,33,34,35). The van der Waals surface area contributed by atoms with Crippen LogP contribution < -0.4 is 5.73 Å². The smallest absolute Gasteiger partial charge is 0.296 e. The molecule has 22 heteroatoms. The highest BCUT2D eigenvalue weighted by Crippen LogP contribution is 2.39. The first-order valence-electron chi connectivity index (χ1n) is 10.8. The number of aromatic hydroxyl groups is 1. The average Bonchev–Trinajstić information content (AvgIpc) is 2.91. The lowest BCUT2D eigenvalue weighted by molar-refractivity contribution is -0.434. The van der Waals surface area contributed by atoms with Gasteiger partial charge in [0.05, 0.1) is 22.9 Å². The Kier molecular flexibility index (Phi) is 10.7. The normalized spacial score (nSPS) is 12.8.